The average Bonchev–Trinajstić information content (AvgIpc) is 2.40. The lowest BCUT2D eigenvalue weighted by molar-refractivity contribution is 0.334. The molecule has 0 radical (unpaired) electrons. The number of hydrogen-bond acceptors (Lipinski definition) is 1. The Kier molecular flexibility index (Phi) is 5.25. The summed E-state index contributed by atoms with van der Waals surface area (Å²) in [5.41, 5.74) is 4.31. The van der Waals surface area contributed by atoms with Gasteiger partial charge in [-0.3, -0.25) is 0 Å². The first-order valence-electron chi connectivity index (χ1n) is 7.53. The molecule has 1 N–H and O–H groups in total. The third-order valence-corrected chi connectivity index (χ3v) is 4.49. The zero-order valence-corrected chi connectivity index (χ0v) is 12.0. The first-order chi connectivity index (χ1) is 8.77. The summed E-state index contributed by atoms with van der Waals surface area (Å²) in [6, 6.07) is 6.61. The number of rotatable bonds is 5. The van der Waals surface area contributed by atoms with Crippen LogP contribution in [0.2, 0.25) is 0 Å². The van der Waals surface area contributed by atoms with Crippen LogP contribution in [0.25, 0.3) is 0 Å². The van der Waals surface area contributed by atoms with Crippen molar-refractivity contribution in [3.05, 3.63) is 34.9 Å². The summed E-state index contributed by atoms with van der Waals surface area (Å²) in [7, 11) is 0. The van der Waals surface area contributed by atoms with E-state index in [0.717, 1.165) is 12.5 Å². The van der Waals surface area contributed by atoms with E-state index in [-0.39, 0.29) is 0 Å². The summed E-state index contributed by atoms with van der Waals surface area (Å²) in [6.07, 6.45) is 8.68. The molecule has 0 atom stereocenters. The second-order valence-corrected chi connectivity index (χ2v) is 5.83. The first-order valence-corrected chi connectivity index (χ1v) is 7.53. The molecule has 0 aliphatic heterocycles. The summed E-state index contributed by atoms with van der Waals surface area (Å²) < 4.78 is 0. The van der Waals surface area contributed by atoms with E-state index in [1.54, 1.807) is 0 Å². The Labute approximate surface area is 112 Å². The number of hydrogen-bond donors (Lipinski definition) is 1. The molecule has 0 saturated heterocycles. The molecule has 1 aromatic rings. The summed E-state index contributed by atoms with van der Waals surface area (Å²) >= 11 is 0. The topological polar surface area (TPSA) is 12.0 Å². The normalized spacial score (nSPS) is 17.0. The van der Waals surface area contributed by atoms with Gasteiger partial charge in [0.05, 0.1) is 0 Å². The molecule has 0 spiro atoms. The summed E-state index contributed by atoms with van der Waals surface area (Å²) in [5.74, 6) is 0.991. The highest BCUT2D eigenvalue weighted by Gasteiger charge is 2.12. The molecule has 0 heterocycles. The molecule has 1 aromatic carbocycles. The Morgan fingerprint density at radius 1 is 1.11 bits per heavy atom. The Bertz CT molecular complexity index is 364. The predicted octanol–water partition coefficient (Wildman–Crippen LogP) is 4.36. The molecular weight excluding hydrogens is 218 g/mol. The monoisotopic (exact) mass is 245 g/mol. The SMILES string of the molecule is Cc1cccc(CNCCC2CCCCC2)c1C. The van der Waals surface area contributed by atoms with Gasteiger partial charge in [0, 0.05) is 6.54 Å². The van der Waals surface area contributed by atoms with Crippen LogP contribution < -0.4 is 5.32 Å². The van der Waals surface area contributed by atoms with Crippen LogP contribution in [0.3, 0.4) is 0 Å². The van der Waals surface area contributed by atoms with Crippen molar-refractivity contribution in [2.24, 2.45) is 5.92 Å². The van der Waals surface area contributed by atoms with Gasteiger partial charge in [0.2, 0.25) is 0 Å². The lowest BCUT2D eigenvalue weighted by Gasteiger charge is -2.21. The van der Waals surface area contributed by atoms with Crippen LogP contribution >= 0.6 is 0 Å². The van der Waals surface area contributed by atoms with Gasteiger partial charge in [0.25, 0.3) is 0 Å². The summed E-state index contributed by atoms with van der Waals surface area (Å²) in [5, 5.41) is 3.62. The van der Waals surface area contributed by atoms with Gasteiger partial charge in [0.1, 0.15) is 0 Å². The second kappa shape index (κ2) is 6.94. The largest absolute Gasteiger partial charge is 0.313 e. The van der Waals surface area contributed by atoms with Crippen LogP contribution in [0.1, 0.15) is 55.2 Å². The van der Waals surface area contributed by atoms with Crippen molar-refractivity contribution in [2.75, 3.05) is 6.54 Å². The molecule has 0 amide bonds. The average molecular weight is 245 g/mol. The molecule has 0 aromatic heterocycles. The lowest BCUT2D eigenvalue weighted by Crippen LogP contribution is -2.19. The molecule has 1 fully saturated rings. The van der Waals surface area contributed by atoms with Crippen LogP contribution in [0.5, 0.6) is 0 Å². The number of aryl methyl sites for hydroxylation is 1. The van der Waals surface area contributed by atoms with Gasteiger partial charge in [-0.1, -0.05) is 50.3 Å². The van der Waals surface area contributed by atoms with E-state index >= 15 is 0 Å². The van der Waals surface area contributed by atoms with Crippen LogP contribution in [0.4, 0.5) is 0 Å². The second-order valence-electron chi connectivity index (χ2n) is 5.83. The highest BCUT2D eigenvalue weighted by molar-refractivity contribution is 5.32. The maximum atomic E-state index is 3.62. The van der Waals surface area contributed by atoms with E-state index in [1.165, 1.54) is 61.8 Å². The molecule has 0 unspecified atom stereocenters. The fourth-order valence-electron chi connectivity index (χ4n) is 3.01. The first kappa shape index (κ1) is 13.6. The van der Waals surface area contributed by atoms with E-state index in [2.05, 4.69) is 37.4 Å². The molecule has 1 saturated carbocycles. The van der Waals surface area contributed by atoms with Crippen molar-refractivity contribution in [3.8, 4) is 0 Å². The molecule has 1 aliphatic carbocycles. The number of benzene rings is 1. The van der Waals surface area contributed by atoms with Crippen LogP contribution in [-0.4, -0.2) is 6.54 Å². The molecule has 2 rings (SSSR count). The minimum Gasteiger partial charge on any atom is -0.313 e. The molecule has 1 nitrogen and oxygen atoms in total. The predicted molar refractivity (Wildman–Crippen MR) is 78.8 cm³/mol. The maximum absolute atomic E-state index is 3.62. The Balaban J connectivity index is 1.70. The van der Waals surface area contributed by atoms with Gasteiger partial charge in [-0.25, -0.2) is 0 Å². The van der Waals surface area contributed by atoms with E-state index in [1.807, 2.05) is 0 Å². The van der Waals surface area contributed by atoms with Gasteiger partial charge < -0.3 is 5.32 Å². The number of nitrogens with one attached hydrogen (secondary N) is 1. The van der Waals surface area contributed by atoms with Gasteiger partial charge in [-0.2, -0.15) is 0 Å². The fourth-order valence-corrected chi connectivity index (χ4v) is 3.01. The Morgan fingerprint density at radius 3 is 2.67 bits per heavy atom. The zero-order valence-electron chi connectivity index (χ0n) is 12.0. The van der Waals surface area contributed by atoms with Crippen molar-refractivity contribution >= 4 is 0 Å². The molecule has 1 aliphatic rings. The van der Waals surface area contributed by atoms with E-state index in [4.69, 9.17) is 0 Å². The maximum Gasteiger partial charge on any atom is 0.0208 e. The highest BCUT2D eigenvalue weighted by atomic mass is 14.8. The molecular formula is C17H27N. The van der Waals surface area contributed by atoms with Crippen LogP contribution in [-0.2, 0) is 6.54 Å². The Hall–Kier alpha value is -0.820. The third kappa shape index (κ3) is 3.84. The molecule has 18 heavy (non-hydrogen) atoms. The lowest BCUT2D eigenvalue weighted by atomic mass is 9.87. The third-order valence-electron chi connectivity index (χ3n) is 4.49. The van der Waals surface area contributed by atoms with Gasteiger partial charge in [-0.05, 0) is 49.4 Å². The summed E-state index contributed by atoms with van der Waals surface area (Å²) in [4.78, 5) is 0. The van der Waals surface area contributed by atoms with E-state index in [0.29, 0.717) is 0 Å². The summed E-state index contributed by atoms with van der Waals surface area (Å²) in [6.45, 7) is 6.63. The molecule has 100 valence electrons. The van der Waals surface area contributed by atoms with Crippen LogP contribution in [0.15, 0.2) is 18.2 Å². The van der Waals surface area contributed by atoms with Gasteiger partial charge in [-0.15, -0.1) is 0 Å². The van der Waals surface area contributed by atoms with Crippen molar-refractivity contribution in [2.45, 2.75) is 58.9 Å². The smallest absolute Gasteiger partial charge is 0.0208 e. The zero-order chi connectivity index (χ0) is 12.8. The Morgan fingerprint density at radius 2 is 1.89 bits per heavy atom. The quantitative estimate of drug-likeness (QED) is 0.760. The fraction of sp³-hybridized carbons (Fsp3) is 0.647. The van der Waals surface area contributed by atoms with Crippen molar-refractivity contribution < 1.29 is 0 Å². The standard InChI is InChI=1S/C17H27N/c1-14-7-6-10-17(15(14)2)13-18-12-11-16-8-4-3-5-9-16/h6-7,10,16,18H,3-5,8-9,11-13H2,1-2H3. The van der Waals surface area contributed by atoms with Crippen molar-refractivity contribution in [1.82, 2.24) is 5.32 Å². The van der Waals surface area contributed by atoms with Crippen LogP contribution in [0, 0.1) is 19.8 Å². The highest BCUT2D eigenvalue weighted by Crippen LogP contribution is 2.25. The van der Waals surface area contributed by atoms with Gasteiger partial charge in [0.15, 0.2) is 0 Å². The minimum atomic E-state index is 0.991. The van der Waals surface area contributed by atoms with Crippen molar-refractivity contribution in [1.29, 1.82) is 0 Å². The molecule has 0 bridgehead atoms. The minimum absolute atomic E-state index is 0.991. The van der Waals surface area contributed by atoms with E-state index < -0.39 is 0 Å². The van der Waals surface area contributed by atoms with Crippen molar-refractivity contribution in [3.63, 3.8) is 0 Å². The van der Waals surface area contributed by atoms with E-state index in [9.17, 15) is 0 Å². The molecule has 1 heteroatoms. The van der Waals surface area contributed by atoms with Gasteiger partial charge >= 0.3 is 0 Å².